The number of nitrogens with zero attached hydrogens (tertiary/aromatic N) is 2. The molecule has 2 fully saturated rings. The molecule has 2 aliphatic rings. The van der Waals surface area contributed by atoms with E-state index in [1.165, 1.54) is 25.7 Å². The van der Waals surface area contributed by atoms with E-state index < -0.39 is 12.0 Å². The zero-order valence-electron chi connectivity index (χ0n) is 12.9. The molecule has 1 atom stereocenters. The smallest absolute Gasteiger partial charge is 0.320 e. The number of piperazine rings is 1. The molecule has 0 bridgehead atoms. The highest BCUT2D eigenvalue weighted by Gasteiger charge is 2.27. The van der Waals surface area contributed by atoms with Crippen molar-refractivity contribution in [3.05, 3.63) is 0 Å². The molecule has 1 aliphatic heterocycles. The average Bonchev–Trinajstić information content (AvgIpc) is 2.99. The maximum Gasteiger partial charge on any atom is 0.320 e. The molecule has 1 heterocycles. The minimum atomic E-state index is -0.801. The largest absolute Gasteiger partial charge is 0.480 e. The molecule has 0 spiro atoms. The second-order valence-corrected chi connectivity index (χ2v) is 6.21. The van der Waals surface area contributed by atoms with E-state index in [4.69, 9.17) is 5.11 Å². The first kappa shape index (κ1) is 16.1. The monoisotopic (exact) mass is 297 g/mol. The Morgan fingerprint density at radius 2 is 1.81 bits per heavy atom. The van der Waals surface area contributed by atoms with E-state index in [2.05, 4.69) is 5.32 Å². The Kier molecular flexibility index (Phi) is 5.85. The van der Waals surface area contributed by atoms with Gasteiger partial charge in [0.05, 0.1) is 0 Å². The Morgan fingerprint density at radius 1 is 1.19 bits per heavy atom. The van der Waals surface area contributed by atoms with Gasteiger partial charge in [-0.1, -0.05) is 25.7 Å². The molecule has 2 N–H and O–H groups in total. The van der Waals surface area contributed by atoms with Crippen molar-refractivity contribution < 1.29 is 14.7 Å². The molecule has 21 heavy (non-hydrogen) atoms. The molecule has 2 rings (SSSR count). The topological polar surface area (TPSA) is 72.9 Å². The lowest BCUT2D eigenvalue weighted by atomic mass is 10.0. The number of urea groups is 1. The van der Waals surface area contributed by atoms with Crippen LogP contribution in [0.5, 0.6) is 0 Å². The molecular weight excluding hydrogens is 270 g/mol. The van der Waals surface area contributed by atoms with Gasteiger partial charge < -0.3 is 15.3 Å². The predicted octanol–water partition coefficient (Wildman–Crippen LogP) is 1.37. The normalized spacial score (nSPS) is 22.2. The van der Waals surface area contributed by atoms with E-state index in [0.717, 1.165) is 18.9 Å². The molecule has 1 aliphatic carbocycles. The van der Waals surface area contributed by atoms with Gasteiger partial charge in [-0.05, 0) is 19.3 Å². The number of hydrogen-bond acceptors (Lipinski definition) is 3. The summed E-state index contributed by atoms with van der Waals surface area (Å²) in [7, 11) is 0. The second kappa shape index (κ2) is 7.64. The van der Waals surface area contributed by atoms with E-state index >= 15 is 0 Å². The summed E-state index contributed by atoms with van der Waals surface area (Å²) >= 11 is 0. The molecule has 0 radical (unpaired) electrons. The van der Waals surface area contributed by atoms with Crippen molar-refractivity contribution in [2.75, 3.05) is 32.7 Å². The minimum absolute atomic E-state index is 0.00405. The van der Waals surface area contributed by atoms with Gasteiger partial charge >= 0.3 is 12.0 Å². The van der Waals surface area contributed by atoms with Crippen molar-refractivity contribution in [2.24, 2.45) is 5.92 Å². The molecule has 6 nitrogen and oxygen atoms in total. The first-order valence-electron chi connectivity index (χ1n) is 8.07. The number of aliphatic carboxylic acids is 1. The Hall–Kier alpha value is -1.30. The van der Waals surface area contributed by atoms with Crippen LogP contribution in [0.25, 0.3) is 0 Å². The summed E-state index contributed by atoms with van der Waals surface area (Å²) in [6.07, 6.45) is 6.37. The quantitative estimate of drug-likeness (QED) is 0.804. The van der Waals surface area contributed by atoms with Crippen LogP contribution in [0.1, 0.15) is 39.0 Å². The summed E-state index contributed by atoms with van der Waals surface area (Å²) in [4.78, 5) is 26.7. The molecule has 0 aromatic heterocycles. The minimum Gasteiger partial charge on any atom is -0.480 e. The van der Waals surface area contributed by atoms with Crippen LogP contribution in [0.15, 0.2) is 0 Å². The van der Waals surface area contributed by atoms with Crippen LogP contribution in [-0.2, 0) is 4.79 Å². The number of rotatable bonds is 5. The molecule has 1 saturated heterocycles. The van der Waals surface area contributed by atoms with Gasteiger partial charge in [-0.3, -0.25) is 9.69 Å². The summed E-state index contributed by atoms with van der Waals surface area (Å²) in [5, 5.41) is 12.0. The molecule has 1 unspecified atom stereocenters. The lowest BCUT2D eigenvalue weighted by Gasteiger charge is -2.36. The van der Waals surface area contributed by atoms with Crippen molar-refractivity contribution in [1.29, 1.82) is 0 Å². The second-order valence-electron chi connectivity index (χ2n) is 6.21. The molecule has 6 heteroatoms. The summed E-state index contributed by atoms with van der Waals surface area (Å²) in [6, 6.07) is -0.479. The predicted molar refractivity (Wildman–Crippen MR) is 80.2 cm³/mol. The average molecular weight is 297 g/mol. The molecular formula is C15H27N3O3. The first-order valence-corrected chi connectivity index (χ1v) is 8.07. The lowest BCUT2D eigenvalue weighted by molar-refractivity contribution is -0.143. The summed E-state index contributed by atoms with van der Waals surface area (Å²) < 4.78 is 0. The van der Waals surface area contributed by atoms with E-state index in [-0.39, 0.29) is 6.03 Å². The highest BCUT2D eigenvalue weighted by molar-refractivity contribution is 5.74. The van der Waals surface area contributed by atoms with Crippen molar-refractivity contribution in [2.45, 2.75) is 45.1 Å². The molecule has 0 aromatic carbocycles. The number of carbonyl (C=O) groups is 2. The first-order chi connectivity index (χ1) is 10.1. The summed E-state index contributed by atoms with van der Waals surface area (Å²) in [5.41, 5.74) is 0. The van der Waals surface area contributed by atoms with Gasteiger partial charge in [-0.15, -0.1) is 0 Å². The highest BCUT2D eigenvalue weighted by Crippen LogP contribution is 2.26. The number of nitrogens with one attached hydrogen (secondary N) is 1. The third-order valence-electron chi connectivity index (χ3n) is 4.81. The van der Waals surface area contributed by atoms with E-state index in [1.54, 1.807) is 11.8 Å². The molecule has 0 aromatic rings. The number of hydrogen-bond donors (Lipinski definition) is 2. The molecule has 120 valence electrons. The summed E-state index contributed by atoms with van der Waals surface area (Å²) in [6.45, 7) is 4.92. The van der Waals surface area contributed by atoms with Crippen LogP contribution in [-0.4, -0.2) is 65.7 Å². The van der Waals surface area contributed by atoms with Gasteiger partial charge in [0.1, 0.15) is 6.04 Å². The zero-order chi connectivity index (χ0) is 15.2. The van der Waals surface area contributed by atoms with Gasteiger partial charge in [0.15, 0.2) is 0 Å². The van der Waals surface area contributed by atoms with Crippen LogP contribution in [0, 0.1) is 5.92 Å². The maximum absolute atomic E-state index is 12.1. The van der Waals surface area contributed by atoms with Crippen molar-refractivity contribution >= 4 is 12.0 Å². The number of carbonyl (C=O) groups excluding carboxylic acids is 1. The van der Waals surface area contributed by atoms with Gasteiger partial charge in [-0.2, -0.15) is 0 Å². The fraction of sp³-hybridized carbons (Fsp3) is 0.867. The van der Waals surface area contributed by atoms with Gasteiger partial charge in [0, 0.05) is 32.7 Å². The van der Waals surface area contributed by atoms with Gasteiger partial charge in [0.2, 0.25) is 0 Å². The number of amides is 2. The number of carboxylic acids is 1. The fourth-order valence-corrected chi connectivity index (χ4v) is 3.26. The van der Waals surface area contributed by atoms with Crippen LogP contribution in [0.2, 0.25) is 0 Å². The Morgan fingerprint density at radius 3 is 2.38 bits per heavy atom. The van der Waals surface area contributed by atoms with Crippen molar-refractivity contribution in [1.82, 2.24) is 15.1 Å². The van der Waals surface area contributed by atoms with Gasteiger partial charge in [-0.25, -0.2) is 4.79 Å². The third kappa shape index (κ3) is 4.59. The van der Waals surface area contributed by atoms with Crippen LogP contribution in [0.3, 0.4) is 0 Å². The standard InChI is InChI=1S/C15H27N3O3/c1-12(14(19)20)17-8-10-18(11-9-17)15(21)16-7-6-13-4-2-3-5-13/h12-13H,2-11H2,1H3,(H,16,21)(H,19,20). The van der Waals surface area contributed by atoms with Crippen LogP contribution < -0.4 is 5.32 Å². The van der Waals surface area contributed by atoms with E-state index in [1.807, 2.05) is 4.90 Å². The molecule has 2 amide bonds. The summed E-state index contributed by atoms with van der Waals surface area (Å²) in [5.74, 6) is -0.0111. The van der Waals surface area contributed by atoms with E-state index in [9.17, 15) is 9.59 Å². The van der Waals surface area contributed by atoms with E-state index in [0.29, 0.717) is 26.2 Å². The lowest BCUT2D eigenvalue weighted by Crippen LogP contribution is -2.55. The fourth-order valence-electron chi connectivity index (χ4n) is 3.26. The van der Waals surface area contributed by atoms with Crippen LogP contribution in [0.4, 0.5) is 4.79 Å². The highest BCUT2D eigenvalue weighted by atomic mass is 16.4. The third-order valence-corrected chi connectivity index (χ3v) is 4.81. The Bertz CT molecular complexity index is 361. The van der Waals surface area contributed by atoms with Gasteiger partial charge in [0.25, 0.3) is 0 Å². The van der Waals surface area contributed by atoms with Crippen molar-refractivity contribution in [3.8, 4) is 0 Å². The van der Waals surface area contributed by atoms with Crippen LogP contribution >= 0.6 is 0 Å². The molecule has 1 saturated carbocycles. The van der Waals surface area contributed by atoms with Crippen molar-refractivity contribution in [3.63, 3.8) is 0 Å². The Balaban J connectivity index is 1.64. The maximum atomic E-state index is 12.1. The SMILES string of the molecule is CC(C(=O)O)N1CCN(C(=O)NCCC2CCCC2)CC1. The Labute approximate surface area is 126 Å². The zero-order valence-corrected chi connectivity index (χ0v) is 12.9. The number of carboxylic acid groups (broad SMARTS) is 1.